The summed E-state index contributed by atoms with van der Waals surface area (Å²) in [6.07, 6.45) is 0.514. The van der Waals surface area contributed by atoms with Crippen LogP contribution in [0.5, 0.6) is 0 Å². The topological polar surface area (TPSA) is 85.1 Å². The number of rotatable bonds is 4. The molecule has 0 aliphatic carbocycles. The molecule has 18 heavy (non-hydrogen) atoms. The van der Waals surface area contributed by atoms with E-state index in [-0.39, 0.29) is 19.5 Å². The van der Waals surface area contributed by atoms with Gasteiger partial charge in [0, 0.05) is 6.42 Å². The number of aromatic nitrogens is 2. The van der Waals surface area contributed by atoms with Crippen LogP contribution >= 0.6 is 34.5 Å². The Morgan fingerprint density at radius 3 is 2.72 bits per heavy atom. The van der Waals surface area contributed by atoms with Gasteiger partial charge in [0.25, 0.3) is 16.0 Å². The van der Waals surface area contributed by atoms with E-state index in [1.165, 1.54) is 6.07 Å². The molecule has 2 heterocycles. The molecule has 0 amide bonds. The first-order valence-electron chi connectivity index (χ1n) is 4.72. The SMILES string of the molecule is CCc1nc(NS(=O)(=O)c2cc(Cl)sc2Cl)no1. The van der Waals surface area contributed by atoms with Gasteiger partial charge in [0.15, 0.2) is 0 Å². The van der Waals surface area contributed by atoms with Crippen molar-refractivity contribution in [3.8, 4) is 0 Å². The zero-order valence-electron chi connectivity index (χ0n) is 8.98. The maximum Gasteiger partial charge on any atom is 0.277 e. The molecule has 0 aromatic carbocycles. The van der Waals surface area contributed by atoms with E-state index in [9.17, 15) is 8.42 Å². The molecule has 1 N–H and O–H groups in total. The molecule has 0 saturated carbocycles. The molecule has 0 bridgehead atoms. The highest BCUT2D eigenvalue weighted by molar-refractivity contribution is 7.93. The Balaban J connectivity index is 2.29. The van der Waals surface area contributed by atoms with Crippen molar-refractivity contribution in [2.45, 2.75) is 18.2 Å². The minimum Gasteiger partial charge on any atom is -0.337 e. The lowest BCUT2D eigenvalue weighted by atomic mass is 10.5. The summed E-state index contributed by atoms with van der Waals surface area (Å²) in [5, 5.41) is 3.49. The lowest BCUT2D eigenvalue weighted by Gasteiger charge is -2.01. The van der Waals surface area contributed by atoms with E-state index in [1.807, 2.05) is 0 Å². The van der Waals surface area contributed by atoms with Gasteiger partial charge in [0.2, 0.25) is 5.89 Å². The lowest BCUT2D eigenvalue weighted by molar-refractivity contribution is 0.383. The van der Waals surface area contributed by atoms with E-state index >= 15 is 0 Å². The van der Waals surface area contributed by atoms with Crippen molar-refractivity contribution in [2.24, 2.45) is 0 Å². The summed E-state index contributed by atoms with van der Waals surface area (Å²) in [4.78, 5) is 3.73. The highest BCUT2D eigenvalue weighted by Crippen LogP contribution is 2.34. The van der Waals surface area contributed by atoms with Gasteiger partial charge in [-0.3, -0.25) is 0 Å². The fourth-order valence-corrected chi connectivity index (χ4v) is 4.21. The van der Waals surface area contributed by atoms with Gasteiger partial charge in [-0.1, -0.05) is 30.1 Å². The van der Waals surface area contributed by atoms with Crippen LogP contribution in [0.25, 0.3) is 0 Å². The number of anilines is 1. The van der Waals surface area contributed by atoms with Gasteiger partial charge < -0.3 is 4.52 Å². The summed E-state index contributed by atoms with van der Waals surface area (Å²) in [6, 6.07) is 1.26. The van der Waals surface area contributed by atoms with Gasteiger partial charge in [0.05, 0.1) is 4.34 Å². The van der Waals surface area contributed by atoms with Gasteiger partial charge in [-0.15, -0.1) is 11.3 Å². The summed E-state index contributed by atoms with van der Waals surface area (Å²) in [6.45, 7) is 1.81. The second-order valence-corrected chi connectivity index (χ2v) is 7.10. The zero-order valence-corrected chi connectivity index (χ0v) is 12.1. The predicted molar refractivity (Wildman–Crippen MR) is 68.8 cm³/mol. The van der Waals surface area contributed by atoms with E-state index in [0.717, 1.165) is 11.3 Å². The van der Waals surface area contributed by atoms with Gasteiger partial charge in [-0.25, -0.2) is 13.1 Å². The van der Waals surface area contributed by atoms with Crippen LogP contribution in [-0.2, 0) is 16.4 Å². The molecular weight excluding hydrogens is 321 g/mol. The molecule has 0 spiro atoms. The fourth-order valence-electron chi connectivity index (χ4n) is 1.12. The number of nitrogens with zero attached hydrogens (tertiary/aromatic N) is 2. The van der Waals surface area contributed by atoms with E-state index in [1.54, 1.807) is 6.92 Å². The largest absolute Gasteiger partial charge is 0.337 e. The molecule has 0 radical (unpaired) electrons. The molecule has 0 saturated heterocycles. The molecular formula is C8H7Cl2N3O3S2. The van der Waals surface area contributed by atoms with E-state index in [0.29, 0.717) is 12.3 Å². The third-order valence-corrected chi connectivity index (χ3v) is 4.99. The molecule has 0 atom stereocenters. The third kappa shape index (κ3) is 2.77. The first kappa shape index (κ1) is 13.6. The Morgan fingerprint density at radius 2 is 2.22 bits per heavy atom. The Kier molecular flexibility index (Phi) is 3.81. The van der Waals surface area contributed by atoms with Gasteiger partial charge >= 0.3 is 0 Å². The lowest BCUT2D eigenvalue weighted by Crippen LogP contribution is -2.13. The second-order valence-electron chi connectivity index (χ2n) is 3.16. The summed E-state index contributed by atoms with van der Waals surface area (Å²) in [5.74, 6) is 0.201. The van der Waals surface area contributed by atoms with E-state index in [2.05, 4.69) is 14.9 Å². The average Bonchev–Trinajstić information content (AvgIpc) is 2.84. The molecule has 6 nitrogen and oxygen atoms in total. The molecule has 0 fully saturated rings. The van der Waals surface area contributed by atoms with Crippen molar-refractivity contribution in [3.63, 3.8) is 0 Å². The molecule has 2 aromatic heterocycles. The first-order valence-corrected chi connectivity index (χ1v) is 7.78. The number of halogens is 2. The average molecular weight is 328 g/mol. The summed E-state index contributed by atoms with van der Waals surface area (Å²) < 4.78 is 31.2. The minimum atomic E-state index is -3.86. The number of thiophene rings is 1. The second kappa shape index (κ2) is 5.04. The number of hydrogen-bond acceptors (Lipinski definition) is 6. The highest BCUT2D eigenvalue weighted by Gasteiger charge is 2.23. The van der Waals surface area contributed by atoms with Crippen molar-refractivity contribution >= 4 is 50.5 Å². The van der Waals surface area contributed by atoms with Gasteiger partial charge in [-0.05, 0) is 11.2 Å². The maximum absolute atomic E-state index is 12.0. The van der Waals surface area contributed by atoms with Crippen molar-refractivity contribution in [1.82, 2.24) is 10.1 Å². The predicted octanol–water partition coefficient (Wildman–Crippen LogP) is 2.80. The van der Waals surface area contributed by atoms with Crippen molar-refractivity contribution < 1.29 is 12.9 Å². The number of nitrogens with one attached hydrogen (secondary N) is 1. The van der Waals surface area contributed by atoms with Gasteiger partial charge in [-0.2, -0.15) is 4.98 Å². The quantitative estimate of drug-likeness (QED) is 0.933. The number of hydrogen-bond donors (Lipinski definition) is 1. The minimum absolute atomic E-state index is 0.0757. The zero-order chi connectivity index (χ0) is 13.3. The summed E-state index contributed by atoms with van der Waals surface area (Å²) >= 11 is 12.4. The summed E-state index contributed by atoms with van der Waals surface area (Å²) in [5.41, 5.74) is 0. The van der Waals surface area contributed by atoms with E-state index < -0.39 is 10.0 Å². The monoisotopic (exact) mass is 327 g/mol. The molecule has 98 valence electrons. The molecule has 2 aromatic rings. The van der Waals surface area contributed by atoms with Crippen LogP contribution < -0.4 is 4.72 Å². The number of aryl methyl sites for hydroxylation is 1. The van der Waals surface area contributed by atoms with Crippen LogP contribution in [0.1, 0.15) is 12.8 Å². The van der Waals surface area contributed by atoms with Crippen molar-refractivity contribution in [2.75, 3.05) is 4.72 Å². The summed E-state index contributed by atoms with van der Waals surface area (Å²) in [7, 11) is -3.86. The van der Waals surface area contributed by atoms with Crippen LogP contribution in [0.4, 0.5) is 5.95 Å². The van der Waals surface area contributed by atoms with Crippen molar-refractivity contribution in [3.05, 3.63) is 20.6 Å². The van der Waals surface area contributed by atoms with Gasteiger partial charge in [0.1, 0.15) is 9.23 Å². The van der Waals surface area contributed by atoms with Crippen molar-refractivity contribution in [1.29, 1.82) is 0 Å². The van der Waals surface area contributed by atoms with E-state index in [4.69, 9.17) is 27.7 Å². The van der Waals surface area contributed by atoms with Crippen LogP contribution in [0, 0.1) is 0 Å². The Morgan fingerprint density at radius 1 is 1.50 bits per heavy atom. The van der Waals surface area contributed by atoms with Crippen LogP contribution in [0.15, 0.2) is 15.5 Å². The number of sulfonamides is 1. The molecule has 0 aliphatic rings. The third-order valence-electron chi connectivity index (χ3n) is 1.91. The molecule has 10 heteroatoms. The molecule has 0 unspecified atom stereocenters. The molecule has 2 rings (SSSR count). The normalized spacial score (nSPS) is 11.7. The maximum atomic E-state index is 12.0. The fraction of sp³-hybridized carbons (Fsp3) is 0.250. The first-order chi connectivity index (χ1) is 8.42. The molecule has 0 aliphatic heterocycles. The highest BCUT2D eigenvalue weighted by atomic mass is 35.5. The Bertz CT molecular complexity index is 665. The van der Waals surface area contributed by atoms with Crippen LogP contribution in [0.2, 0.25) is 8.67 Å². The Hall–Kier alpha value is -0.830. The smallest absolute Gasteiger partial charge is 0.277 e. The standard InChI is InChI=1S/C8H7Cl2N3O3S2/c1-2-6-11-8(12-16-6)13-18(14,15)4-3-5(9)17-7(4)10/h3H,2H2,1H3,(H,12,13). The Labute approximate surface area is 117 Å². The van der Waals surface area contributed by atoms with Crippen LogP contribution in [-0.4, -0.2) is 18.6 Å². The van der Waals surface area contributed by atoms with Crippen LogP contribution in [0.3, 0.4) is 0 Å².